The van der Waals surface area contributed by atoms with E-state index >= 15 is 0 Å². The number of hydrogen-bond acceptors (Lipinski definition) is 9. The molecule has 0 radical (unpaired) electrons. The molecule has 0 saturated heterocycles. The standard InChI is InChI=1S/C34H33N3O7S/c1-21(2)15-16-43-27-14-13-25(19-28(27)42-4)31-30(33(39)44-20-23-9-6-5-7-10-23)22(3)35-34-36(31)32(38)29(45-34)18-24-11-8-12-26(17-24)37(40)41/h5-14,17-19,21,31H,15-16,20H2,1-4H3. The molecule has 0 aliphatic carbocycles. The van der Waals surface area contributed by atoms with Crippen molar-refractivity contribution in [3.8, 4) is 11.5 Å². The van der Waals surface area contributed by atoms with Crippen LogP contribution in [0.3, 0.4) is 0 Å². The molecular weight excluding hydrogens is 594 g/mol. The molecule has 11 heteroatoms. The molecule has 1 aliphatic rings. The van der Waals surface area contributed by atoms with Crippen LogP contribution >= 0.6 is 11.3 Å². The minimum atomic E-state index is -0.879. The molecule has 5 rings (SSSR count). The highest BCUT2D eigenvalue weighted by Gasteiger charge is 2.34. The zero-order chi connectivity index (χ0) is 32.1. The van der Waals surface area contributed by atoms with E-state index in [0.717, 1.165) is 23.3 Å². The predicted molar refractivity (Wildman–Crippen MR) is 171 cm³/mol. The highest BCUT2D eigenvalue weighted by Crippen LogP contribution is 2.36. The molecule has 0 bridgehead atoms. The summed E-state index contributed by atoms with van der Waals surface area (Å²) >= 11 is 1.14. The van der Waals surface area contributed by atoms with Crippen LogP contribution in [0.25, 0.3) is 6.08 Å². The van der Waals surface area contributed by atoms with E-state index in [1.807, 2.05) is 30.3 Å². The number of benzene rings is 3. The van der Waals surface area contributed by atoms with Crippen molar-refractivity contribution >= 4 is 29.1 Å². The van der Waals surface area contributed by atoms with Crippen molar-refractivity contribution in [3.05, 3.63) is 131 Å². The van der Waals surface area contributed by atoms with Crippen molar-refractivity contribution in [3.63, 3.8) is 0 Å². The molecule has 3 aromatic carbocycles. The summed E-state index contributed by atoms with van der Waals surface area (Å²) in [5.74, 6) is 0.876. The van der Waals surface area contributed by atoms with E-state index in [2.05, 4.69) is 18.8 Å². The number of nitro groups is 1. The van der Waals surface area contributed by atoms with Gasteiger partial charge in [0.15, 0.2) is 16.3 Å². The van der Waals surface area contributed by atoms with Crippen molar-refractivity contribution in [2.75, 3.05) is 13.7 Å². The molecular formula is C34H33N3O7S. The lowest BCUT2D eigenvalue weighted by Crippen LogP contribution is -2.39. The number of esters is 1. The molecule has 1 atom stereocenters. The Morgan fingerprint density at radius 1 is 1.09 bits per heavy atom. The first kappa shape index (κ1) is 31.4. The van der Waals surface area contributed by atoms with Gasteiger partial charge in [-0.1, -0.05) is 73.7 Å². The lowest BCUT2D eigenvalue weighted by atomic mass is 9.95. The fraction of sp³-hybridized carbons (Fsp3) is 0.265. The molecule has 0 N–H and O–H groups in total. The van der Waals surface area contributed by atoms with Crippen LogP contribution in [0.2, 0.25) is 0 Å². The van der Waals surface area contributed by atoms with E-state index in [0.29, 0.717) is 50.2 Å². The van der Waals surface area contributed by atoms with Gasteiger partial charge in [0.05, 0.1) is 40.5 Å². The maximum atomic E-state index is 14.0. The Kier molecular flexibility index (Phi) is 9.58. The number of rotatable bonds is 11. The number of carbonyl (C=O) groups is 1. The van der Waals surface area contributed by atoms with Crippen molar-refractivity contribution in [1.29, 1.82) is 0 Å². The van der Waals surface area contributed by atoms with E-state index in [4.69, 9.17) is 14.2 Å². The minimum Gasteiger partial charge on any atom is -0.493 e. The van der Waals surface area contributed by atoms with Gasteiger partial charge in [-0.15, -0.1) is 0 Å². The first-order valence-electron chi connectivity index (χ1n) is 14.4. The Morgan fingerprint density at radius 2 is 1.87 bits per heavy atom. The number of aromatic nitrogens is 1. The topological polar surface area (TPSA) is 122 Å². The van der Waals surface area contributed by atoms with Crippen LogP contribution in [0.4, 0.5) is 5.69 Å². The van der Waals surface area contributed by atoms with Crippen molar-refractivity contribution in [2.24, 2.45) is 10.9 Å². The number of thiazole rings is 1. The maximum Gasteiger partial charge on any atom is 0.338 e. The van der Waals surface area contributed by atoms with Gasteiger partial charge in [0, 0.05) is 12.1 Å². The first-order chi connectivity index (χ1) is 21.7. The van der Waals surface area contributed by atoms with Crippen LogP contribution in [0, 0.1) is 16.0 Å². The normalized spacial score (nSPS) is 14.6. The van der Waals surface area contributed by atoms with Gasteiger partial charge in [-0.2, -0.15) is 0 Å². The Hall–Kier alpha value is -5.03. The number of non-ortho nitro benzene ring substituents is 1. The van der Waals surface area contributed by atoms with Gasteiger partial charge in [-0.3, -0.25) is 19.5 Å². The van der Waals surface area contributed by atoms with Gasteiger partial charge < -0.3 is 14.2 Å². The molecule has 10 nitrogen and oxygen atoms in total. The SMILES string of the molecule is COc1cc(C2C(C(=O)OCc3ccccc3)=C(C)N=c3sc(=Cc4cccc([N+](=O)[O-])c4)c(=O)n32)ccc1OCCC(C)C. The second-order valence-corrected chi connectivity index (χ2v) is 11.9. The molecule has 4 aromatic rings. The third-order valence-corrected chi connectivity index (χ3v) is 8.27. The first-order valence-corrected chi connectivity index (χ1v) is 15.3. The van der Waals surface area contributed by atoms with E-state index in [9.17, 15) is 19.7 Å². The van der Waals surface area contributed by atoms with Crippen molar-refractivity contribution in [1.82, 2.24) is 4.57 Å². The fourth-order valence-corrected chi connectivity index (χ4v) is 6.00. The second-order valence-electron chi connectivity index (χ2n) is 10.9. The van der Waals surface area contributed by atoms with E-state index in [-0.39, 0.29) is 17.9 Å². The molecule has 45 heavy (non-hydrogen) atoms. The fourth-order valence-electron chi connectivity index (χ4n) is 4.96. The minimum absolute atomic E-state index is 0.0479. The number of fused-ring (bicyclic) bond motifs is 1. The average molecular weight is 628 g/mol. The monoisotopic (exact) mass is 627 g/mol. The zero-order valence-electron chi connectivity index (χ0n) is 25.4. The summed E-state index contributed by atoms with van der Waals surface area (Å²) in [6.45, 7) is 6.50. The predicted octanol–water partition coefficient (Wildman–Crippen LogP) is 5.32. The Morgan fingerprint density at radius 3 is 2.58 bits per heavy atom. The Bertz CT molecular complexity index is 1940. The summed E-state index contributed by atoms with van der Waals surface area (Å²) in [4.78, 5) is 43.6. The number of ether oxygens (including phenoxy) is 3. The molecule has 2 heterocycles. The lowest BCUT2D eigenvalue weighted by molar-refractivity contribution is -0.384. The Labute approximate surface area is 263 Å². The number of hydrogen-bond donors (Lipinski definition) is 0. The number of allylic oxidation sites excluding steroid dienone is 1. The van der Waals surface area contributed by atoms with Crippen molar-refractivity contribution < 1.29 is 23.9 Å². The van der Waals surface area contributed by atoms with Gasteiger partial charge in [0.2, 0.25) is 0 Å². The molecule has 1 unspecified atom stereocenters. The van der Waals surface area contributed by atoms with Gasteiger partial charge in [-0.05, 0) is 54.2 Å². The van der Waals surface area contributed by atoms with Crippen molar-refractivity contribution in [2.45, 2.75) is 39.8 Å². The maximum absolute atomic E-state index is 14.0. The summed E-state index contributed by atoms with van der Waals surface area (Å²) in [5, 5.41) is 11.3. The van der Waals surface area contributed by atoms with Crippen LogP contribution in [-0.4, -0.2) is 29.2 Å². The highest BCUT2D eigenvalue weighted by molar-refractivity contribution is 7.07. The van der Waals surface area contributed by atoms with E-state index in [1.165, 1.54) is 23.8 Å². The van der Waals surface area contributed by atoms with Crippen LogP contribution in [0.15, 0.2) is 93.9 Å². The highest BCUT2D eigenvalue weighted by atomic mass is 32.1. The van der Waals surface area contributed by atoms with Gasteiger partial charge in [0.25, 0.3) is 11.2 Å². The molecule has 232 valence electrons. The number of nitrogens with zero attached hydrogens (tertiary/aromatic N) is 3. The van der Waals surface area contributed by atoms with E-state index < -0.39 is 22.5 Å². The Balaban J connectivity index is 1.61. The number of nitro benzene ring substituents is 1. The van der Waals surface area contributed by atoms with E-state index in [1.54, 1.807) is 43.3 Å². The average Bonchev–Trinajstić information content (AvgIpc) is 3.33. The molecule has 0 spiro atoms. The summed E-state index contributed by atoms with van der Waals surface area (Å²) in [6, 6.07) is 19.8. The summed E-state index contributed by atoms with van der Waals surface area (Å²) in [5.41, 5.74) is 2.07. The van der Waals surface area contributed by atoms with Gasteiger partial charge >= 0.3 is 5.97 Å². The van der Waals surface area contributed by atoms with Crippen LogP contribution in [0.1, 0.15) is 49.9 Å². The summed E-state index contributed by atoms with van der Waals surface area (Å²) < 4.78 is 19.2. The van der Waals surface area contributed by atoms with Crippen LogP contribution in [-0.2, 0) is 16.1 Å². The smallest absolute Gasteiger partial charge is 0.338 e. The summed E-state index contributed by atoms with van der Waals surface area (Å²) in [7, 11) is 1.54. The quantitative estimate of drug-likeness (QED) is 0.125. The van der Waals surface area contributed by atoms with Crippen LogP contribution < -0.4 is 24.4 Å². The number of methoxy groups -OCH3 is 1. The molecule has 1 aliphatic heterocycles. The second kappa shape index (κ2) is 13.7. The van der Waals surface area contributed by atoms with Gasteiger partial charge in [-0.25, -0.2) is 9.79 Å². The zero-order valence-corrected chi connectivity index (χ0v) is 26.2. The molecule has 1 aromatic heterocycles. The number of carbonyl (C=O) groups excluding carboxylic acids is 1. The summed E-state index contributed by atoms with van der Waals surface area (Å²) in [6.07, 6.45) is 2.46. The molecule has 0 fully saturated rings. The lowest BCUT2D eigenvalue weighted by Gasteiger charge is -2.25. The molecule has 0 amide bonds. The largest absolute Gasteiger partial charge is 0.493 e. The van der Waals surface area contributed by atoms with Gasteiger partial charge in [0.1, 0.15) is 6.61 Å². The molecule has 0 saturated carbocycles. The third kappa shape index (κ3) is 7.04. The third-order valence-electron chi connectivity index (χ3n) is 7.29. The van der Waals surface area contributed by atoms with Crippen LogP contribution in [0.5, 0.6) is 11.5 Å².